The van der Waals surface area contributed by atoms with Crippen LogP contribution >= 0.6 is 15.9 Å². The van der Waals surface area contributed by atoms with Gasteiger partial charge in [-0.3, -0.25) is 4.79 Å². The highest BCUT2D eigenvalue weighted by atomic mass is 79.9. The number of carboxylic acid groups (broad SMARTS) is 1. The molecule has 0 aliphatic heterocycles. The summed E-state index contributed by atoms with van der Waals surface area (Å²) in [6.07, 6.45) is 4.79. The molecular weight excluding hydrogens is 299 g/mol. The second kappa shape index (κ2) is 5.39. The maximum Gasteiger partial charge on any atom is 0.309 e. The monoisotopic (exact) mass is 314 g/mol. The van der Waals surface area contributed by atoms with E-state index in [9.17, 15) is 14.3 Å². The zero-order valence-corrected chi connectivity index (χ0v) is 11.7. The predicted molar refractivity (Wildman–Crippen MR) is 71.0 cm³/mol. The average molecular weight is 315 g/mol. The van der Waals surface area contributed by atoms with Crippen molar-refractivity contribution in [1.29, 1.82) is 0 Å². The Kier molecular flexibility index (Phi) is 4.05. The van der Waals surface area contributed by atoms with Gasteiger partial charge >= 0.3 is 5.97 Å². The van der Waals surface area contributed by atoms with Crippen molar-refractivity contribution in [2.75, 3.05) is 0 Å². The number of hydrogen-bond donors (Lipinski definition) is 1. The highest BCUT2D eigenvalue weighted by Gasteiger charge is 2.39. The number of carbonyl (C=O) groups is 1. The lowest BCUT2D eigenvalue weighted by Crippen LogP contribution is -2.35. The van der Waals surface area contributed by atoms with Crippen LogP contribution in [0.2, 0.25) is 0 Å². The van der Waals surface area contributed by atoms with Crippen molar-refractivity contribution in [3.8, 4) is 0 Å². The molecule has 1 N–H and O–H groups in total. The third-order valence-electron chi connectivity index (χ3n) is 3.73. The summed E-state index contributed by atoms with van der Waals surface area (Å²) in [4.78, 5) is 11.5. The molecule has 2 nitrogen and oxygen atoms in total. The van der Waals surface area contributed by atoms with E-state index in [1.54, 1.807) is 0 Å². The molecule has 0 amide bonds. The van der Waals surface area contributed by atoms with Gasteiger partial charge in [0, 0.05) is 4.47 Å². The molecular formula is C14H16BrFO2. The molecule has 18 heavy (non-hydrogen) atoms. The smallest absolute Gasteiger partial charge is 0.309 e. The van der Waals surface area contributed by atoms with Crippen LogP contribution in [-0.2, 0) is 11.2 Å². The highest BCUT2D eigenvalue weighted by Crippen LogP contribution is 2.40. The zero-order chi connectivity index (χ0) is 13.2. The molecule has 0 bridgehead atoms. The van der Waals surface area contributed by atoms with Crippen molar-refractivity contribution in [2.24, 2.45) is 5.41 Å². The van der Waals surface area contributed by atoms with Crippen LogP contribution in [0.15, 0.2) is 22.7 Å². The van der Waals surface area contributed by atoms with Crippen molar-refractivity contribution in [3.63, 3.8) is 0 Å². The van der Waals surface area contributed by atoms with Gasteiger partial charge in [0.05, 0.1) is 5.41 Å². The molecule has 2 rings (SSSR count). The Bertz CT molecular complexity index is 433. The van der Waals surface area contributed by atoms with Gasteiger partial charge in [-0.15, -0.1) is 0 Å². The predicted octanol–water partition coefficient (Wildman–Crippen LogP) is 4.17. The Balaban J connectivity index is 2.25. The molecule has 0 heterocycles. The molecule has 1 aromatic rings. The van der Waals surface area contributed by atoms with Crippen LogP contribution in [0, 0.1) is 11.2 Å². The van der Waals surface area contributed by atoms with Gasteiger partial charge in [-0.05, 0) is 43.0 Å². The first-order valence-electron chi connectivity index (χ1n) is 6.20. The topological polar surface area (TPSA) is 37.3 Å². The molecule has 0 atom stereocenters. The summed E-state index contributed by atoms with van der Waals surface area (Å²) in [5, 5.41) is 9.48. The summed E-state index contributed by atoms with van der Waals surface area (Å²) in [6.45, 7) is 0. The Morgan fingerprint density at radius 3 is 2.50 bits per heavy atom. The quantitative estimate of drug-likeness (QED) is 0.909. The molecule has 1 aromatic carbocycles. The Hall–Kier alpha value is -0.900. The number of hydrogen-bond acceptors (Lipinski definition) is 1. The van der Waals surface area contributed by atoms with Crippen molar-refractivity contribution < 1.29 is 14.3 Å². The average Bonchev–Trinajstić information content (AvgIpc) is 2.28. The van der Waals surface area contributed by atoms with Gasteiger partial charge in [0.2, 0.25) is 0 Å². The Labute approximate surface area is 114 Å². The number of aliphatic carboxylic acids is 1. The van der Waals surface area contributed by atoms with Crippen LogP contribution < -0.4 is 0 Å². The van der Waals surface area contributed by atoms with E-state index in [0.29, 0.717) is 23.7 Å². The second-order valence-corrected chi connectivity index (χ2v) is 6.02. The maximum atomic E-state index is 13.3. The van der Waals surface area contributed by atoms with E-state index in [1.807, 2.05) is 6.07 Å². The summed E-state index contributed by atoms with van der Waals surface area (Å²) >= 11 is 3.25. The van der Waals surface area contributed by atoms with E-state index in [2.05, 4.69) is 15.9 Å². The molecule has 1 aliphatic carbocycles. The third-order valence-corrected chi connectivity index (χ3v) is 4.19. The van der Waals surface area contributed by atoms with Crippen LogP contribution in [0.25, 0.3) is 0 Å². The van der Waals surface area contributed by atoms with Crippen LogP contribution in [0.4, 0.5) is 4.39 Å². The minimum atomic E-state index is -0.748. The van der Waals surface area contributed by atoms with Crippen molar-refractivity contribution in [3.05, 3.63) is 34.1 Å². The first-order chi connectivity index (χ1) is 8.52. The molecule has 4 heteroatoms. The third kappa shape index (κ3) is 2.91. The largest absolute Gasteiger partial charge is 0.481 e. The second-order valence-electron chi connectivity index (χ2n) is 5.10. The van der Waals surface area contributed by atoms with E-state index < -0.39 is 11.4 Å². The number of halogens is 2. The van der Waals surface area contributed by atoms with E-state index in [-0.39, 0.29) is 5.82 Å². The van der Waals surface area contributed by atoms with E-state index in [0.717, 1.165) is 24.8 Å². The lowest BCUT2D eigenvalue weighted by atomic mass is 9.70. The van der Waals surface area contributed by atoms with Gasteiger partial charge in [-0.1, -0.05) is 35.2 Å². The molecule has 1 aliphatic rings. The van der Waals surface area contributed by atoms with E-state index in [1.165, 1.54) is 12.1 Å². The number of carboxylic acids is 1. The van der Waals surface area contributed by atoms with Crippen LogP contribution in [0.1, 0.15) is 37.7 Å². The van der Waals surface area contributed by atoms with Gasteiger partial charge in [0.1, 0.15) is 5.82 Å². The summed E-state index contributed by atoms with van der Waals surface area (Å²) in [5.41, 5.74) is 0.0528. The normalized spacial score (nSPS) is 18.6. The van der Waals surface area contributed by atoms with Crippen LogP contribution in [-0.4, -0.2) is 11.1 Å². The molecule has 0 radical (unpaired) electrons. The molecule has 0 spiro atoms. The molecule has 98 valence electrons. The Morgan fingerprint density at radius 1 is 1.28 bits per heavy atom. The SMILES string of the molecule is O=C(O)C1(Cc2cc(F)cc(Br)c2)CCCCC1. The fourth-order valence-electron chi connectivity index (χ4n) is 2.80. The summed E-state index contributed by atoms with van der Waals surface area (Å²) in [5.74, 6) is -1.07. The first-order valence-corrected chi connectivity index (χ1v) is 6.99. The fraction of sp³-hybridized carbons (Fsp3) is 0.500. The van der Waals surface area contributed by atoms with E-state index >= 15 is 0 Å². The lowest BCUT2D eigenvalue weighted by Gasteiger charge is -2.33. The maximum absolute atomic E-state index is 13.3. The standard InChI is InChI=1S/C14H16BrFO2/c15-11-6-10(7-12(16)8-11)9-14(13(17)18)4-2-1-3-5-14/h6-8H,1-5,9H2,(H,17,18). The van der Waals surface area contributed by atoms with Gasteiger partial charge in [-0.25, -0.2) is 4.39 Å². The summed E-state index contributed by atoms with van der Waals surface area (Å²) in [6, 6.07) is 4.63. The molecule has 0 unspecified atom stereocenters. The number of benzene rings is 1. The molecule has 1 saturated carbocycles. The lowest BCUT2D eigenvalue weighted by molar-refractivity contribution is -0.151. The van der Waals surface area contributed by atoms with Crippen molar-refractivity contribution >= 4 is 21.9 Å². The minimum Gasteiger partial charge on any atom is -0.481 e. The Morgan fingerprint density at radius 2 is 1.94 bits per heavy atom. The van der Waals surface area contributed by atoms with E-state index in [4.69, 9.17) is 0 Å². The van der Waals surface area contributed by atoms with Crippen molar-refractivity contribution in [2.45, 2.75) is 38.5 Å². The van der Waals surface area contributed by atoms with Crippen LogP contribution in [0.3, 0.4) is 0 Å². The zero-order valence-electron chi connectivity index (χ0n) is 10.1. The highest BCUT2D eigenvalue weighted by molar-refractivity contribution is 9.10. The first kappa shape index (κ1) is 13.5. The molecule has 0 aromatic heterocycles. The molecule has 0 saturated heterocycles. The number of rotatable bonds is 3. The summed E-state index contributed by atoms with van der Waals surface area (Å²) < 4.78 is 14.0. The van der Waals surface area contributed by atoms with Gasteiger partial charge < -0.3 is 5.11 Å². The van der Waals surface area contributed by atoms with Crippen molar-refractivity contribution in [1.82, 2.24) is 0 Å². The van der Waals surface area contributed by atoms with Gasteiger partial charge in [0.15, 0.2) is 0 Å². The summed E-state index contributed by atoms with van der Waals surface area (Å²) in [7, 11) is 0. The van der Waals surface area contributed by atoms with Gasteiger partial charge in [-0.2, -0.15) is 0 Å². The fourth-order valence-corrected chi connectivity index (χ4v) is 3.31. The molecule has 1 fully saturated rings. The minimum absolute atomic E-state index is 0.323. The van der Waals surface area contributed by atoms with Crippen LogP contribution in [0.5, 0.6) is 0 Å². The van der Waals surface area contributed by atoms with Gasteiger partial charge in [0.25, 0.3) is 0 Å².